The zero-order chi connectivity index (χ0) is 12.2. The van der Waals surface area contributed by atoms with Crippen molar-refractivity contribution in [2.24, 2.45) is 0 Å². The second-order valence-corrected chi connectivity index (χ2v) is 3.53. The van der Waals surface area contributed by atoms with E-state index < -0.39 is 18.7 Å². The number of hydrogen-bond donors (Lipinski definition) is 1. The molecule has 0 amide bonds. The van der Waals surface area contributed by atoms with Gasteiger partial charge < -0.3 is 9.84 Å². The predicted molar refractivity (Wildman–Crippen MR) is 53.4 cm³/mol. The molecule has 16 heavy (non-hydrogen) atoms. The Bertz CT molecular complexity index is 336. The first-order valence-corrected chi connectivity index (χ1v) is 4.78. The smallest absolute Gasteiger partial charge is 0.391 e. The molecule has 1 rings (SSSR count). The first-order valence-electron chi connectivity index (χ1n) is 4.78. The number of methoxy groups -OCH3 is 1. The van der Waals surface area contributed by atoms with Gasteiger partial charge in [0.05, 0.1) is 19.6 Å². The van der Waals surface area contributed by atoms with Gasteiger partial charge >= 0.3 is 6.18 Å². The number of halogens is 3. The fraction of sp³-hybridized carbons (Fsp3) is 0.455. The number of rotatable bonds is 4. The second kappa shape index (κ2) is 5.21. The minimum Gasteiger partial charge on any atom is -0.497 e. The van der Waals surface area contributed by atoms with E-state index >= 15 is 0 Å². The van der Waals surface area contributed by atoms with Gasteiger partial charge in [-0.15, -0.1) is 0 Å². The van der Waals surface area contributed by atoms with E-state index in [1.165, 1.54) is 7.11 Å². The molecule has 0 saturated heterocycles. The zero-order valence-corrected chi connectivity index (χ0v) is 8.79. The molecule has 0 radical (unpaired) electrons. The minimum atomic E-state index is -4.34. The van der Waals surface area contributed by atoms with Gasteiger partial charge in [-0.2, -0.15) is 13.2 Å². The Hall–Kier alpha value is -1.23. The van der Waals surface area contributed by atoms with Gasteiger partial charge in [-0.25, -0.2) is 0 Å². The highest BCUT2D eigenvalue weighted by Crippen LogP contribution is 2.23. The van der Waals surface area contributed by atoms with Gasteiger partial charge in [0.25, 0.3) is 0 Å². The topological polar surface area (TPSA) is 29.5 Å². The molecule has 0 saturated carbocycles. The normalized spacial score (nSPS) is 13.6. The highest BCUT2D eigenvalue weighted by molar-refractivity contribution is 5.28. The van der Waals surface area contributed by atoms with Crippen LogP contribution in [0.15, 0.2) is 24.3 Å². The molecule has 0 spiro atoms. The van der Waals surface area contributed by atoms with Crippen LogP contribution in [-0.2, 0) is 6.42 Å². The first kappa shape index (κ1) is 12.8. The van der Waals surface area contributed by atoms with Gasteiger partial charge in [0.2, 0.25) is 0 Å². The summed E-state index contributed by atoms with van der Waals surface area (Å²) >= 11 is 0. The molecule has 0 aliphatic heterocycles. The van der Waals surface area contributed by atoms with Crippen LogP contribution < -0.4 is 4.74 Å². The Kier molecular flexibility index (Phi) is 4.18. The van der Waals surface area contributed by atoms with E-state index in [1.807, 2.05) is 0 Å². The van der Waals surface area contributed by atoms with Gasteiger partial charge in [-0.05, 0) is 24.1 Å². The van der Waals surface area contributed by atoms with Crippen LogP contribution in [0.4, 0.5) is 13.2 Å². The van der Waals surface area contributed by atoms with Crippen molar-refractivity contribution in [2.45, 2.75) is 25.1 Å². The number of benzene rings is 1. The van der Waals surface area contributed by atoms with Crippen molar-refractivity contribution in [3.63, 3.8) is 0 Å². The Labute approximate surface area is 91.7 Å². The van der Waals surface area contributed by atoms with Crippen LogP contribution in [0, 0.1) is 0 Å². The van der Waals surface area contributed by atoms with Crippen molar-refractivity contribution in [3.05, 3.63) is 29.8 Å². The summed E-state index contributed by atoms with van der Waals surface area (Å²) in [4.78, 5) is 0. The molecule has 1 N–H and O–H groups in total. The molecule has 1 atom stereocenters. The van der Waals surface area contributed by atoms with Crippen LogP contribution in [0.25, 0.3) is 0 Å². The standard InChI is InChI=1S/C11H13F3O2/c1-16-10-4-2-3-8(6-10)5-9(15)7-11(12,13)14/h2-4,6,9,15H,5,7H2,1H3. The minimum absolute atomic E-state index is 0.0310. The summed E-state index contributed by atoms with van der Waals surface area (Å²) in [5.74, 6) is 0.566. The molecule has 2 nitrogen and oxygen atoms in total. The number of aliphatic hydroxyl groups is 1. The summed E-state index contributed by atoms with van der Waals surface area (Å²) in [5, 5.41) is 9.24. The quantitative estimate of drug-likeness (QED) is 0.867. The maximum atomic E-state index is 12.0. The molecule has 0 bridgehead atoms. The monoisotopic (exact) mass is 234 g/mol. The van der Waals surface area contributed by atoms with E-state index in [1.54, 1.807) is 24.3 Å². The molecule has 1 aromatic carbocycles. The Morgan fingerprint density at radius 1 is 1.38 bits per heavy atom. The van der Waals surface area contributed by atoms with Crippen molar-refractivity contribution in [3.8, 4) is 5.75 Å². The predicted octanol–water partition coefficient (Wildman–Crippen LogP) is 2.55. The second-order valence-electron chi connectivity index (χ2n) is 3.53. The van der Waals surface area contributed by atoms with E-state index in [0.717, 1.165) is 0 Å². The van der Waals surface area contributed by atoms with Crippen molar-refractivity contribution >= 4 is 0 Å². The van der Waals surface area contributed by atoms with Crippen LogP contribution in [0.5, 0.6) is 5.75 Å². The average molecular weight is 234 g/mol. The maximum absolute atomic E-state index is 12.0. The van der Waals surface area contributed by atoms with Crippen molar-refractivity contribution in [1.82, 2.24) is 0 Å². The van der Waals surface area contributed by atoms with E-state index in [0.29, 0.717) is 11.3 Å². The van der Waals surface area contributed by atoms with Crippen LogP contribution in [0.2, 0.25) is 0 Å². The number of aliphatic hydroxyl groups excluding tert-OH is 1. The van der Waals surface area contributed by atoms with Crippen molar-refractivity contribution in [1.29, 1.82) is 0 Å². The lowest BCUT2D eigenvalue weighted by Crippen LogP contribution is -2.21. The third kappa shape index (κ3) is 4.53. The molecule has 0 fully saturated rings. The molecule has 0 aromatic heterocycles. The zero-order valence-electron chi connectivity index (χ0n) is 8.79. The van der Waals surface area contributed by atoms with Crippen LogP contribution >= 0.6 is 0 Å². The molecular formula is C11H13F3O2. The van der Waals surface area contributed by atoms with E-state index in [-0.39, 0.29) is 6.42 Å². The van der Waals surface area contributed by atoms with Gasteiger partial charge in [0, 0.05) is 0 Å². The summed E-state index contributed by atoms with van der Waals surface area (Å²) in [6.45, 7) is 0. The summed E-state index contributed by atoms with van der Waals surface area (Å²) in [5.41, 5.74) is 0.621. The molecule has 1 unspecified atom stereocenters. The molecule has 0 aliphatic carbocycles. The number of hydrogen-bond acceptors (Lipinski definition) is 2. The summed E-state index contributed by atoms with van der Waals surface area (Å²) < 4.78 is 40.8. The van der Waals surface area contributed by atoms with Gasteiger partial charge in [-0.1, -0.05) is 12.1 Å². The highest BCUT2D eigenvalue weighted by atomic mass is 19.4. The Balaban J connectivity index is 2.59. The third-order valence-corrected chi connectivity index (χ3v) is 2.07. The Morgan fingerprint density at radius 2 is 2.06 bits per heavy atom. The van der Waals surface area contributed by atoms with Crippen molar-refractivity contribution < 1.29 is 23.0 Å². The average Bonchev–Trinajstić information content (AvgIpc) is 2.15. The fourth-order valence-electron chi connectivity index (χ4n) is 1.41. The molecule has 0 heterocycles. The van der Waals surface area contributed by atoms with Crippen molar-refractivity contribution in [2.75, 3.05) is 7.11 Å². The van der Waals surface area contributed by atoms with Gasteiger partial charge in [0.15, 0.2) is 0 Å². The third-order valence-electron chi connectivity index (χ3n) is 2.07. The largest absolute Gasteiger partial charge is 0.497 e. The number of alkyl halides is 3. The summed E-state index contributed by atoms with van der Waals surface area (Å²) in [7, 11) is 1.48. The van der Waals surface area contributed by atoms with Gasteiger partial charge in [0.1, 0.15) is 5.75 Å². The fourth-order valence-corrected chi connectivity index (χ4v) is 1.41. The van der Waals surface area contributed by atoms with Crippen LogP contribution in [0.3, 0.4) is 0 Å². The maximum Gasteiger partial charge on any atom is 0.391 e. The van der Waals surface area contributed by atoms with Gasteiger partial charge in [-0.3, -0.25) is 0 Å². The lowest BCUT2D eigenvalue weighted by Gasteiger charge is -2.13. The van der Waals surface area contributed by atoms with Crippen LogP contribution in [0.1, 0.15) is 12.0 Å². The van der Waals surface area contributed by atoms with Crippen LogP contribution in [-0.4, -0.2) is 24.5 Å². The SMILES string of the molecule is COc1cccc(CC(O)CC(F)(F)F)c1. The summed E-state index contributed by atoms with van der Waals surface area (Å²) in [6.07, 6.45) is -6.97. The highest BCUT2D eigenvalue weighted by Gasteiger charge is 2.30. The van der Waals surface area contributed by atoms with E-state index in [2.05, 4.69) is 0 Å². The first-order chi connectivity index (χ1) is 7.40. The summed E-state index contributed by atoms with van der Waals surface area (Å²) in [6, 6.07) is 6.63. The van der Waals surface area contributed by atoms with E-state index in [9.17, 15) is 18.3 Å². The Morgan fingerprint density at radius 3 is 2.62 bits per heavy atom. The molecule has 5 heteroatoms. The lowest BCUT2D eigenvalue weighted by atomic mass is 10.1. The van der Waals surface area contributed by atoms with E-state index in [4.69, 9.17) is 4.74 Å². The molecular weight excluding hydrogens is 221 g/mol. The molecule has 0 aliphatic rings. The molecule has 1 aromatic rings. The lowest BCUT2D eigenvalue weighted by molar-refractivity contribution is -0.153. The molecule has 90 valence electrons. The number of ether oxygens (including phenoxy) is 1.